The van der Waals surface area contributed by atoms with Crippen molar-refractivity contribution in [3.05, 3.63) is 59.2 Å². The van der Waals surface area contributed by atoms with Crippen LogP contribution in [0, 0.1) is 6.92 Å². The van der Waals surface area contributed by atoms with E-state index in [2.05, 4.69) is 10.0 Å². The first-order chi connectivity index (χ1) is 11.8. The van der Waals surface area contributed by atoms with Crippen molar-refractivity contribution in [2.45, 2.75) is 37.2 Å². The summed E-state index contributed by atoms with van der Waals surface area (Å²) in [5.41, 5.74) is 2.54. The minimum Gasteiger partial charge on any atom is -0.478 e. The van der Waals surface area contributed by atoms with Crippen LogP contribution < -0.4 is 10.0 Å². The summed E-state index contributed by atoms with van der Waals surface area (Å²) >= 11 is 0. The highest BCUT2D eigenvalue weighted by Gasteiger charge is 2.28. The summed E-state index contributed by atoms with van der Waals surface area (Å²) < 4.78 is 27.6. The second-order valence-corrected chi connectivity index (χ2v) is 7.91. The quantitative estimate of drug-likeness (QED) is 0.706. The van der Waals surface area contributed by atoms with Crippen LogP contribution in [0.4, 0.5) is 5.69 Å². The number of rotatable bonds is 7. The maximum absolute atomic E-state index is 12.4. The highest BCUT2D eigenvalue weighted by atomic mass is 32.2. The summed E-state index contributed by atoms with van der Waals surface area (Å²) in [5.74, 6) is -0.962. The third-order valence-corrected chi connectivity index (χ3v) is 5.74. The molecule has 2 aromatic carbocycles. The summed E-state index contributed by atoms with van der Waals surface area (Å²) in [6.45, 7) is 2.24. The molecule has 3 rings (SSSR count). The van der Waals surface area contributed by atoms with Crippen molar-refractivity contribution in [1.82, 2.24) is 4.72 Å². The molecule has 1 fully saturated rings. The molecule has 0 heterocycles. The first-order valence-electron chi connectivity index (χ1n) is 8.04. The average Bonchev–Trinajstić information content (AvgIpc) is 3.37. The summed E-state index contributed by atoms with van der Waals surface area (Å²) in [4.78, 5) is 11.1. The molecule has 7 heteroatoms. The predicted molar refractivity (Wildman–Crippen MR) is 95.3 cm³/mol. The van der Waals surface area contributed by atoms with Crippen molar-refractivity contribution in [3.8, 4) is 0 Å². The third-order valence-electron chi connectivity index (χ3n) is 4.07. The molecule has 3 N–H and O–H groups in total. The number of sulfonamides is 1. The van der Waals surface area contributed by atoms with Crippen LogP contribution in [0.3, 0.4) is 0 Å². The van der Waals surface area contributed by atoms with Crippen molar-refractivity contribution >= 4 is 21.7 Å². The second-order valence-electron chi connectivity index (χ2n) is 6.23. The van der Waals surface area contributed by atoms with Gasteiger partial charge in [-0.05, 0) is 55.2 Å². The van der Waals surface area contributed by atoms with Gasteiger partial charge >= 0.3 is 5.97 Å². The Kier molecular flexibility index (Phi) is 4.78. The van der Waals surface area contributed by atoms with E-state index in [4.69, 9.17) is 5.11 Å². The normalized spacial score (nSPS) is 14.3. The Morgan fingerprint density at radius 3 is 2.44 bits per heavy atom. The van der Waals surface area contributed by atoms with Crippen molar-refractivity contribution in [1.29, 1.82) is 0 Å². The van der Waals surface area contributed by atoms with Gasteiger partial charge < -0.3 is 10.4 Å². The Balaban J connectivity index is 1.72. The zero-order valence-electron chi connectivity index (χ0n) is 13.8. The zero-order valence-corrected chi connectivity index (χ0v) is 14.6. The monoisotopic (exact) mass is 360 g/mol. The lowest BCUT2D eigenvalue weighted by molar-refractivity contribution is 0.0697. The Bertz CT molecular complexity index is 888. The second kappa shape index (κ2) is 6.85. The van der Waals surface area contributed by atoms with Gasteiger partial charge in [-0.1, -0.05) is 18.2 Å². The van der Waals surface area contributed by atoms with E-state index in [1.54, 1.807) is 43.3 Å². The molecule has 0 atom stereocenters. The van der Waals surface area contributed by atoms with Gasteiger partial charge in [0.05, 0.1) is 10.5 Å². The lowest BCUT2D eigenvalue weighted by atomic mass is 10.1. The fraction of sp³-hybridized carbons (Fsp3) is 0.278. The van der Waals surface area contributed by atoms with E-state index >= 15 is 0 Å². The molecule has 2 aromatic rings. The molecule has 132 valence electrons. The van der Waals surface area contributed by atoms with Gasteiger partial charge in [0.2, 0.25) is 10.0 Å². The molecule has 0 radical (unpaired) electrons. The van der Waals surface area contributed by atoms with Crippen molar-refractivity contribution in [2.24, 2.45) is 0 Å². The maximum atomic E-state index is 12.4. The molecule has 0 spiro atoms. The number of hydrogen-bond acceptors (Lipinski definition) is 4. The minimum atomic E-state index is -3.50. The summed E-state index contributed by atoms with van der Waals surface area (Å²) in [5, 5.41) is 12.1. The standard InChI is InChI=1S/C18H20N2O4S/c1-12-2-7-16(10-17(12)25(23,24)20-15-8-9-15)19-11-13-3-5-14(6-4-13)18(21)22/h2-7,10,15,19-20H,8-9,11H2,1H3,(H,21,22). The molecule has 1 aliphatic carbocycles. The van der Waals surface area contributed by atoms with E-state index in [1.165, 1.54) is 0 Å². The van der Waals surface area contributed by atoms with Gasteiger partial charge in [-0.3, -0.25) is 0 Å². The van der Waals surface area contributed by atoms with Crippen LogP contribution in [0.15, 0.2) is 47.4 Å². The van der Waals surface area contributed by atoms with Crippen LogP contribution >= 0.6 is 0 Å². The molecule has 0 aromatic heterocycles. The van der Waals surface area contributed by atoms with Crippen LogP contribution in [0.5, 0.6) is 0 Å². The average molecular weight is 360 g/mol. The largest absolute Gasteiger partial charge is 0.478 e. The molecule has 1 saturated carbocycles. The molecule has 0 amide bonds. The summed E-state index contributed by atoms with van der Waals surface area (Å²) in [6.07, 6.45) is 1.78. The number of carbonyl (C=O) groups is 1. The molecular weight excluding hydrogens is 340 g/mol. The molecule has 25 heavy (non-hydrogen) atoms. The fourth-order valence-electron chi connectivity index (χ4n) is 2.45. The van der Waals surface area contributed by atoms with E-state index in [-0.39, 0.29) is 16.5 Å². The van der Waals surface area contributed by atoms with Gasteiger partial charge in [0.15, 0.2) is 0 Å². The number of carboxylic acids is 1. The van der Waals surface area contributed by atoms with Crippen LogP contribution in [0.25, 0.3) is 0 Å². The van der Waals surface area contributed by atoms with Crippen LogP contribution in [-0.2, 0) is 16.6 Å². The number of carboxylic acid groups (broad SMARTS) is 1. The smallest absolute Gasteiger partial charge is 0.335 e. The number of nitrogens with one attached hydrogen (secondary N) is 2. The fourth-order valence-corrected chi connectivity index (χ4v) is 4.03. The van der Waals surface area contributed by atoms with Gasteiger partial charge in [-0.2, -0.15) is 0 Å². The predicted octanol–water partition coefficient (Wildman–Crippen LogP) is 2.75. The van der Waals surface area contributed by atoms with Crippen molar-refractivity contribution < 1.29 is 18.3 Å². The molecular formula is C18H20N2O4S. The van der Waals surface area contributed by atoms with E-state index in [0.717, 1.165) is 18.4 Å². The molecule has 0 aliphatic heterocycles. The summed E-state index contributed by atoms with van der Waals surface area (Å²) in [7, 11) is -3.50. The van der Waals surface area contributed by atoms with Crippen LogP contribution in [0.1, 0.15) is 34.3 Å². The van der Waals surface area contributed by atoms with E-state index < -0.39 is 16.0 Å². The zero-order chi connectivity index (χ0) is 18.0. The van der Waals surface area contributed by atoms with E-state index in [0.29, 0.717) is 17.8 Å². The van der Waals surface area contributed by atoms with Crippen LogP contribution in [0.2, 0.25) is 0 Å². The first-order valence-corrected chi connectivity index (χ1v) is 9.52. The highest BCUT2D eigenvalue weighted by Crippen LogP contribution is 2.25. The Morgan fingerprint density at radius 2 is 1.84 bits per heavy atom. The summed E-state index contributed by atoms with van der Waals surface area (Å²) in [6, 6.07) is 11.9. The molecule has 0 unspecified atom stereocenters. The van der Waals surface area contributed by atoms with E-state index in [9.17, 15) is 13.2 Å². The van der Waals surface area contributed by atoms with Gasteiger partial charge in [-0.15, -0.1) is 0 Å². The van der Waals surface area contributed by atoms with Gasteiger partial charge in [-0.25, -0.2) is 17.9 Å². The van der Waals surface area contributed by atoms with Crippen molar-refractivity contribution in [3.63, 3.8) is 0 Å². The molecule has 1 aliphatic rings. The Morgan fingerprint density at radius 1 is 1.16 bits per heavy atom. The number of hydrogen-bond donors (Lipinski definition) is 3. The SMILES string of the molecule is Cc1ccc(NCc2ccc(C(=O)O)cc2)cc1S(=O)(=O)NC1CC1. The topological polar surface area (TPSA) is 95.5 Å². The lowest BCUT2D eigenvalue weighted by Gasteiger charge is -2.12. The number of benzene rings is 2. The molecule has 6 nitrogen and oxygen atoms in total. The van der Waals surface area contributed by atoms with Crippen molar-refractivity contribution in [2.75, 3.05) is 5.32 Å². The van der Waals surface area contributed by atoms with E-state index in [1.807, 2.05) is 6.07 Å². The first kappa shape index (κ1) is 17.4. The molecule has 0 bridgehead atoms. The Labute approximate surface area is 146 Å². The highest BCUT2D eigenvalue weighted by molar-refractivity contribution is 7.89. The third kappa shape index (κ3) is 4.37. The Hall–Kier alpha value is -2.38. The van der Waals surface area contributed by atoms with Gasteiger partial charge in [0.1, 0.15) is 0 Å². The lowest BCUT2D eigenvalue weighted by Crippen LogP contribution is -2.26. The van der Waals surface area contributed by atoms with Gasteiger partial charge in [0, 0.05) is 18.3 Å². The number of aromatic carboxylic acids is 1. The number of aryl methyl sites for hydroxylation is 1. The number of anilines is 1. The molecule has 0 saturated heterocycles. The maximum Gasteiger partial charge on any atom is 0.335 e. The minimum absolute atomic E-state index is 0.0637. The van der Waals surface area contributed by atoms with Gasteiger partial charge in [0.25, 0.3) is 0 Å². The van der Waals surface area contributed by atoms with Crippen LogP contribution in [-0.4, -0.2) is 25.5 Å².